The number of carbonyl (C=O) groups excluding carboxylic acids is 1. The summed E-state index contributed by atoms with van der Waals surface area (Å²) >= 11 is 0. The van der Waals surface area contributed by atoms with Gasteiger partial charge in [-0.1, -0.05) is 17.7 Å². The molecule has 0 spiro atoms. The Morgan fingerprint density at radius 1 is 1.71 bits per heavy atom. The van der Waals surface area contributed by atoms with Gasteiger partial charge in [0.1, 0.15) is 6.17 Å². The lowest BCUT2D eigenvalue weighted by Crippen LogP contribution is -2.13. The first-order valence-corrected chi connectivity index (χ1v) is 5.13. The predicted octanol–water partition coefficient (Wildman–Crippen LogP) is 3.22. The van der Waals surface area contributed by atoms with Gasteiger partial charge in [0.15, 0.2) is 5.78 Å². The van der Waals surface area contributed by atoms with Gasteiger partial charge in [-0.15, -0.1) is 0 Å². The molecule has 0 aromatic heterocycles. The fraction of sp³-hybridized carbons (Fsp3) is 0.583. The van der Waals surface area contributed by atoms with Gasteiger partial charge in [0.25, 0.3) is 0 Å². The Kier molecular flexibility index (Phi) is 4.05. The summed E-state index contributed by atoms with van der Waals surface area (Å²) in [5.41, 5.74) is 1.10. The molecule has 14 heavy (non-hydrogen) atoms. The van der Waals surface area contributed by atoms with E-state index in [1.165, 1.54) is 6.92 Å². The second kappa shape index (κ2) is 5.08. The summed E-state index contributed by atoms with van der Waals surface area (Å²) in [7, 11) is 0. The highest BCUT2D eigenvalue weighted by Crippen LogP contribution is 2.27. The molecule has 0 heterocycles. The maximum Gasteiger partial charge on any atom is 0.152 e. The number of rotatable bonds is 3. The van der Waals surface area contributed by atoms with Crippen LogP contribution in [-0.4, -0.2) is 12.0 Å². The van der Waals surface area contributed by atoms with Crippen LogP contribution in [0.2, 0.25) is 0 Å². The van der Waals surface area contributed by atoms with Gasteiger partial charge < -0.3 is 0 Å². The molecular weight excluding hydrogens is 179 g/mol. The Labute approximate surface area is 84.7 Å². The number of hydrogen-bond donors (Lipinski definition) is 0. The van der Waals surface area contributed by atoms with Crippen molar-refractivity contribution < 1.29 is 9.18 Å². The van der Waals surface area contributed by atoms with E-state index in [1.54, 1.807) is 13.0 Å². The first-order chi connectivity index (χ1) is 6.59. The van der Waals surface area contributed by atoms with Crippen LogP contribution in [-0.2, 0) is 4.79 Å². The van der Waals surface area contributed by atoms with Crippen molar-refractivity contribution in [1.29, 1.82) is 0 Å². The number of ketones is 1. The Balaban J connectivity index is 2.64. The van der Waals surface area contributed by atoms with Crippen molar-refractivity contribution in [1.82, 2.24) is 0 Å². The number of halogens is 1. The summed E-state index contributed by atoms with van der Waals surface area (Å²) in [6.45, 7) is 3.12. The van der Waals surface area contributed by atoms with Crippen LogP contribution in [0.15, 0.2) is 23.8 Å². The summed E-state index contributed by atoms with van der Waals surface area (Å²) in [5.74, 6) is 0.0803. The van der Waals surface area contributed by atoms with Gasteiger partial charge in [-0.3, -0.25) is 4.79 Å². The van der Waals surface area contributed by atoms with E-state index < -0.39 is 6.17 Å². The van der Waals surface area contributed by atoms with Crippen LogP contribution in [0.4, 0.5) is 4.39 Å². The molecule has 1 rings (SSSR count). The Bertz CT molecular complexity index is 263. The van der Waals surface area contributed by atoms with Crippen LogP contribution in [0.25, 0.3) is 0 Å². The molecule has 0 amide bonds. The van der Waals surface area contributed by atoms with E-state index >= 15 is 0 Å². The molecule has 2 heteroatoms. The van der Waals surface area contributed by atoms with E-state index in [0.29, 0.717) is 0 Å². The lowest BCUT2D eigenvalue weighted by atomic mass is 9.88. The Morgan fingerprint density at radius 2 is 2.43 bits per heavy atom. The number of allylic oxidation sites excluding steroid dienone is 4. The van der Waals surface area contributed by atoms with E-state index in [9.17, 15) is 9.18 Å². The maximum atomic E-state index is 13.0. The summed E-state index contributed by atoms with van der Waals surface area (Å²) in [5, 5.41) is 0. The van der Waals surface area contributed by atoms with Crippen molar-refractivity contribution in [2.45, 2.75) is 39.3 Å². The maximum absolute atomic E-state index is 13.0. The summed E-state index contributed by atoms with van der Waals surface area (Å²) in [4.78, 5) is 10.7. The van der Waals surface area contributed by atoms with E-state index in [4.69, 9.17) is 0 Å². The number of hydrogen-bond acceptors (Lipinski definition) is 1. The molecule has 0 aliphatic heterocycles. The van der Waals surface area contributed by atoms with Crippen LogP contribution in [0.5, 0.6) is 0 Å². The summed E-state index contributed by atoms with van der Waals surface area (Å²) in [6, 6.07) is 0. The minimum absolute atomic E-state index is 0.0374. The Hall–Kier alpha value is -0.920. The van der Waals surface area contributed by atoms with E-state index in [1.807, 2.05) is 12.2 Å². The zero-order valence-electron chi connectivity index (χ0n) is 8.79. The molecule has 0 saturated carbocycles. The van der Waals surface area contributed by atoms with Crippen molar-refractivity contribution in [3.63, 3.8) is 0 Å². The molecule has 1 aliphatic carbocycles. The van der Waals surface area contributed by atoms with Crippen molar-refractivity contribution >= 4 is 5.78 Å². The van der Waals surface area contributed by atoms with Crippen LogP contribution >= 0.6 is 0 Å². The molecule has 78 valence electrons. The van der Waals surface area contributed by atoms with Gasteiger partial charge in [-0.05, 0) is 39.2 Å². The zero-order valence-corrected chi connectivity index (χ0v) is 8.79. The van der Waals surface area contributed by atoms with E-state index in [-0.39, 0.29) is 11.7 Å². The fourth-order valence-electron chi connectivity index (χ4n) is 1.71. The number of alkyl halides is 1. The SMILES string of the molecule is CC(=O)C=CC1=CC(C(C)F)CCC1. The van der Waals surface area contributed by atoms with Crippen LogP contribution in [0, 0.1) is 5.92 Å². The van der Waals surface area contributed by atoms with Gasteiger partial charge in [-0.25, -0.2) is 4.39 Å². The molecule has 0 aromatic rings. The Morgan fingerprint density at radius 3 is 3.00 bits per heavy atom. The van der Waals surface area contributed by atoms with Crippen molar-refractivity contribution in [3.05, 3.63) is 23.8 Å². The second-order valence-electron chi connectivity index (χ2n) is 3.92. The average Bonchev–Trinajstić information content (AvgIpc) is 2.15. The van der Waals surface area contributed by atoms with Crippen LogP contribution in [0.3, 0.4) is 0 Å². The molecule has 0 aromatic carbocycles. The smallest absolute Gasteiger partial charge is 0.152 e. The highest BCUT2D eigenvalue weighted by atomic mass is 19.1. The fourth-order valence-corrected chi connectivity index (χ4v) is 1.71. The third-order valence-corrected chi connectivity index (χ3v) is 2.55. The predicted molar refractivity (Wildman–Crippen MR) is 55.8 cm³/mol. The molecule has 0 N–H and O–H groups in total. The minimum atomic E-state index is -0.781. The molecule has 0 bridgehead atoms. The van der Waals surface area contributed by atoms with Crippen molar-refractivity contribution in [2.24, 2.45) is 5.92 Å². The average molecular weight is 196 g/mol. The second-order valence-corrected chi connectivity index (χ2v) is 3.92. The highest BCUT2D eigenvalue weighted by Gasteiger charge is 2.17. The molecule has 0 fully saturated rings. The first kappa shape index (κ1) is 11.2. The minimum Gasteiger partial charge on any atom is -0.295 e. The van der Waals surface area contributed by atoms with Crippen LogP contribution < -0.4 is 0 Å². The van der Waals surface area contributed by atoms with Gasteiger partial charge in [0.05, 0.1) is 0 Å². The van der Waals surface area contributed by atoms with Gasteiger partial charge >= 0.3 is 0 Å². The molecule has 1 nitrogen and oxygen atoms in total. The van der Waals surface area contributed by atoms with Crippen molar-refractivity contribution in [3.8, 4) is 0 Å². The summed E-state index contributed by atoms with van der Waals surface area (Å²) in [6.07, 6.45) is 7.47. The molecule has 2 atom stereocenters. The van der Waals surface area contributed by atoms with Gasteiger partial charge in [0, 0.05) is 5.92 Å². The number of carbonyl (C=O) groups is 1. The molecule has 1 aliphatic rings. The molecular formula is C12H17FO. The monoisotopic (exact) mass is 196 g/mol. The normalized spacial score (nSPS) is 24.8. The van der Waals surface area contributed by atoms with Gasteiger partial charge in [0.2, 0.25) is 0 Å². The van der Waals surface area contributed by atoms with E-state index in [0.717, 1.165) is 24.8 Å². The van der Waals surface area contributed by atoms with Crippen molar-refractivity contribution in [2.75, 3.05) is 0 Å². The quantitative estimate of drug-likeness (QED) is 0.633. The topological polar surface area (TPSA) is 17.1 Å². The largest absolute Gasteiger partial charge is 0.295 e. The van der Waals surface area contributed by atoms with Gasteiger partial charge in [-0.2, -0.15) is 0 Å². The summed E-state index contributed by atoms with van der Waals surface area (Å²) < 4.78 is 13.0. The van der Waals surface area contributed by atoms with E-state index in [2.05, 4.69) is 0 Å². The zero-order chi connectivity index (χ0) is 10.6. The highest BCUT2D eigenvalue weighted by molar-refractivity contribution is 5.87. The van der Waals surface area contributed by atoms with Crippen LogP contribution in [0.1, 0.15) is 33.1 Å². The standard InChI is InChI=1S/C12H17FO/c1-9(14)6-7-11-4-3-5-12(8-11)10(2)13/h6-8,10,12H,3-5H2,1-2H3. The third-order valence-electron chi connectivity index (χ3n) is 2.55. The first-order valence-electron chi connectivity index (χ1n) is 5.13. The lowest BCUT2D eigenvalue weighted by molar-refractivity contribution is -0.112. The molecule has 0 saturated heterocycles. The lowest BCUT2D eigenvalue weighted by Gasteiger charge is -2.20. The third kappa shape index (κ3) is 3.44. The molecule has 2 unspecified atom stereocenters. The molecule has 0 radical (unpaired) electrons.